The topological polar surface area (TPSA) is 84.9 Å². The van der Waals surface area contributed by atoms with Gasteiger partial charge in [-0.05, 0) is 47.5 Å². The summed E-state index contributed by atoms with van der Waals surface area (Å²) in [4.78, 5) is 13.8. The lowest BCUT2D eigenvalue weighted by molar-refractivity contribution is -0.117. The normalized spacial score (nSPS) is 14.2. The van der Waals surface area contributed by atoms with Crippen LogP contribution in [0, 0.1) is 0 Å². The molecule has 0 aliphatic carbocycles. The number of carbonyl (C=O) groups is 1. The van der Waals surface area contributed by atoms with E-state index in [-0.39, 0.29) is 24.0 Å². The zero-order valence-corrected chi connectivity index (χ0v) is 18.0. The number of anilines is 1. The summed E-state index contributed by atoms with van der Waals surface area (Å²) < 4.78 is 39.1. The minimum atomic E-state index is -3.77. The molecular weight excluding hydrogens is 416 g/mol. The SMILES string of the molecule is COc1ccc(S(=O)(=O)NCCOc2ccc3ccccc3c2)cc1N1CCCC1=O. The van der Waals surface area contributed by atoms with E-state index in [1.54, 1.807) is 11.0 Å². The van der Waals surface area contributed by atoms with E-state index in [1.165, 1.54) is 19.2 Å². The third kappa shape index (κ3) is 4.65. The number of amides is 1. The first-order chi connectivity index (χ1) is 15.0. The molecule has 7 nitrogen and oxygen atoms in total. The van der Waals surface area contributed by atoms with Gasteiger partial charge in [0.25, 0.3) is 0 Å². The molecule has 1 saturated heterocycles. The summed E-state index contributed by atoms with van der Waals surface area (Å²) >= 11 is 0. The highest BCUT2D eigenvalue weighted by molar-refractivity contribution is 7.89. The van der Waals surface area contributed by atoms with Crippen molar-refractivity contribution in [2.45, 2.75) is 17.7 Å². The van der Waals surface area contributed by atoms with E-state index >= 15 is 0 Å². The Morgan fingerprint density at radius 3 is 2.58 bits per heavy atom. The van der Waals surface area contributed by atoms with Crippen molar-refractivity contribution in [3.8, 4) is 11.5 Å². The molecule has 1 heterocycles. The molecule has 0 spiro atoms. The van der Waals surface area contributed by atoms with Gasteiger partial charge in [0.15, 0.2) is 0 Å². The largest absolute Gasteiger partial charge is 0.495 e. The van der Waals surface area contributed by atoms with Gasteiger partial charge in [0.05, 0.1) is 17.7 Å². The molecular formula is C23H24N2O5S. The quantitative estimate of drug-likeness (QED) is 0.543. The van der Waals surface area contributed by atoms with E-state index in [1.807, 2.05) is 42.5 Å². The number of sulfonamides is 1. The molecule has 0 aromatic heterocycles. The molecule has 3 aromatic rings. The summed E-state index contributed by atoms with van der Waals surface area (Å²) in [7, 11) is -2.27. The molecule has 0 unspecified atom stereocenters. The molecule has 1 fully saturated rings. The number of hydrogen-bond acceptors (Lipinski definition) is 5. The molecule has 0 atom stereocenters. The third-order valence-electron chi connectivity index (χ3n) is 5.21. The molecule has 8 heteroatoms. The first-order valence-corrected chi connectivity index (χ1v) is 11.6. The van der Waals surface area contributed by atoms with Crippen molar-refractivity contribution in [3.05, 3.63) is 60.7 Å². The summed E-state index contributed by atoms with van der Waals surface area (Å²) in [5, 5.41) is 2.17. The van der Waals surface area contributed by atoms with Crippen LogP contribution >= 0.6 is 0 Å². The van der Waals surface area contributed by atoms with Crippen molar-refractivity contribution in [2.24, 2.45) is 0 Å². The van der Waals surface area contributed by atoms with Crippen LogP contribution in [-0.4, -0.2) is 41.1 Å². The molecule has 3 aromatic carbocycles. The van der Waals surface area contributed by atoms with E-state index in [2.05, 4.69) is 4.72 Å². The highest BCUT2D eigenvalue weighted by atomic mass is 32.2. The number of hydrogen-bond donors (Lipinski definition) is 1. The molecule has 0 radical (unpaired) electrons. The Labute approximate surface area is 181 Å². The van der Waals surface area contributed by atoms with Crippen LogP contribution in [-0.2, 0) is 14.8 Å². The van der Waals surface area contributed by atoms with Crippen molar-refractivity contribution in [2.75, 3.05) is 31.7 Å². The summed E-state index contributed by atoms with van der Waals surface area (Å²) in [6.07, 6.45) is 1.19. The minimum Gasteiger partial charge on any atom is -0.495 e. The Morgan fingerprint density at radius 1 is 1.03 bits per heavy atom. The van der Waals surface area contributed by atoms with Gasteiger partial charge in [-0.1, -0.05) is 30.3 Å². The number of benzene rings is 3. The van der Waals surface area contributed by atoms with E-state index in [0.717, 1.165) is 17.2 Å². The second-order valence-corrected chi connectivity index (χ2v) is 9.00. The first kappa shape index (κ1) is 21.1. The number of fused-ring (bicyclic) bond motifs is 1. The maximum atomic E-state index is 12.8. The maximum Gasteiger partial charge on any atom is 0.240 e. The average Bonchev–Trinajstić information content (AvgIpc) is 3.21. The highest BCUT2D eigenvalue weighted by Gasteiger charge is 2.26. The smallest absolute Gasteiger partial charge is 0.240 e. The van der Waals surface area contributed by atoms with Gasteiger partial charge in [0.1, 0.15) is 18.1 Å². The molecule has 162 valence electrons. The van der Waals surface area contributed by atoms with Gasteiger partial charge in [0, 0.05) is 19.5 Å². The zero-order valence-electron chi connectivity index (χ0n) is 17.2. The lowest BCUT2D eigenvalue weighted by Gasteiger charge is -2.20. The molecule has 4 rings (SSSR count). The monoisotopic (exact) mass is 440 g/mol. The van der Waals surface area contributed by atoms with Gasteiger partial charge in [-0.15, -0.1) is 0 Å². The predicted molar refractivity (Wildman–Crippen MR) is 119 cm³/mol. The summed E-state index contributed by atoms with van der Waals surface area (Å²) in [6.45, 7) is 0.843. The summed E-state index contributed by atoms with van der Waals surface area (Å²) in [6, 6.07) is 18.2. The number of rotatable bonds is 8. The average molecular weight is 441 g/mol. The van der Waals surface area contributed by atoms with Crippen molar-refractivity contribution < 1.29 is 22.7 Å². The zero-order chi connectivity index (χ0) is 21.8. The Hall–Kier alpha value is -3.10. The van der Waals surface area contributed by atoms with Crippen LogP contribution in [0.2, 0.25) is 0 Å². The van der Waals surface area contributed by atoms with Gasteiger partial charge >= 0.3 is 0 Å². The standard InChI is InChI=1S/C23H24N2O5S/c1-29-22-11-10-20(16-21(22)25-13-4-7-23(25)26)31(27,28)24-12-14-30-19-9-8-17-5-2-3-6-18(17)15-19/h2-3,5-6,8-11,15-16,24H,4,7,12-14H2,1H3. The maximum absolute atomic E-state index is 12.8. The number of methoxy groups -OCH3 is 1. The van der Waals surface area contributed by atoms with Gasteiger partial charge in [-0.2, -0.15) is 0 Å². The fourth-order valence-electron chi connectivity index (χ4n) is 3.64. The predicted octanol–water partition coefficient (Wildman–Crippen LogP) is 3.33. The Balaban J connectivity index is 1.41. The van der Waals surface area contributed by atoms with E-state index in [4.69, 9.17) is 9.47 Å². The third-order valence-corrected chi connectivity index (χ3v) is 6.67. The van der Waals surface area contributed by atoms with Crippen molar-refractivity contribution in [1.82, 2.24) is 4.72 Å². The van der Waals surface area contributed by atoms with Crippen LogP contribution in [0.25, 0.3) is 10.8 Å². The fourth-order valence-corrected chi connectivity index (χ4v) is 4.67. The second kappa shape index (κ2) is 8.95. The van der Waals surface area contributed by atoms with Crippen LogP contribution in [0.1, 0.15) is 12.8 Å². The van der Waals surface area contributed by atoms with E-state index in [0.29, 0.717) is 30.2 Å². The van der Waals surface area contributed by atoms with Crippen LogP contribution in [0.3, 0.4) is 0 Å². The molecule has 1 amide bonds. The number of nitrogens with one attached hydrogen (secondary N) is 1. The number of ether oxygens (including phenoxy) is 2. The molecule has 31 heavy (non-hydrogen) atoms. The van der Waals surface area contributed by atoms with Crippen LogP contribution in [0.15, 0.2) is 65.6 Å². The lowest BCUT2D eigenvalue weighted by Crippen LogP contribution is -2.29. The van der Waals surface area contributed by atoms with E-state index < -0.39 is 10.0 Å². The molecule has 0 bridgehead atoms. The number of carbonyl (C=O) groups excluding carboxylic acids is 1. The first-order valence-electron chi connectivity index (χ1n) is 10.1. The van der Waals surface area contributed by atoms with Crippen LogP contribution in [0.5, 0.6) is 11.5 Å². The molecule has 1 aliphatic rings. The van der Waals surface area contributed by atoms with Gasteiger partial charge in [-0.25, -0.2) is 13.1 Å². The summed E-state index contributed by atoms with van der Waals surface area (Å²) in [5.74, 6) is 1.11. The fraction of sp³-hybridized carbons (Fsp3) is 0.261. The van der Waals surface area contributed by atoms with Crippen molar-refractivity contribution >= 4 is 32.4 Å². The van der Waals surface area contributed by atoms with Gasteiger partial charge < -0.3 is 14.4 Å². The van der Waals surface area contributed by atoms with Gasteiger partial charge in [0.2, 0.25) is 15.9 Å². The number of nitrogens with zero attached hydrogens (tertiary/aromatic N) is 1. The molecule has 1 aliphatic heterocycles. The van der Waals surface area contributed by atoms with Crippen LogP contribution < -0.4 is 19.1 Å². The summed E-state index contributed by atoms with van der Waals surface area (Å²) in [5.41, 5.74) is 0.472. The molecule has 0 saturated carbocycles. The van der Waals surface area contributed by atoms with E-state index in [9.17, 15) is 13.2 Å². The van der Waals surface area contributed by atoms with Crippen molar-refractivity contribution in [1.29, 1.82) is 0 Å². The van der Waals surface area contributed by atoms with Crippen molar-refractivity contribution in [3.63, 3.8) is 0 Å². The molecule has 1 N–H and O–H groups in total. The Morgan fingerprint density at radius 2 is 1.84 bits per heavy atom. The van der Waals surface area contributed by atoms with Gasteiger partial charge in [-0.3, -0.25) is 4.79 Å². The minimum absolute atomic E-state index is 0.0374. The Bertz CT molecular complexity index is 1210. The Kier molecular flexibility index (Phi) is 6.11. The highest BCUT2D eigenvalue weighted by Crippen LogP contribution is 2.33. The second-order valence-electron chi connectivity index (χ2n) is 7.24. The van der Waals surface area contributed by atoms with Crippen LogP contribution in [0.4, 0.5) is 5.69 Å². The lowest BCUT2D eigenvalue weighted by atomic mass is 10.1.